The molecule has 2 aromatic carbocycles. The summed E-state index contributed by atoms with van der Waals surface area (Å²) in [6, 6.07) is 13.2. The number of fused-ring (bicyclic) bond motifs is 3. The second-order valence-corrected chi connectivity index (χ2v) is 9.28. The molecule has 0 aliphatic carbocycles. The molecular weight excluding hydrogens is 408 g/mol. The molecule has 0 aromatic heterocycles. The molecule has 4 rings (SSSR count). The second-order valence-electron chi connectivity index (χ2n) is 8.34. The molecule has 0 radical (unpaired) electrons. The average Bonchev–Trinajstić information content (AvgIpc) is 3.05. The largest absolute Gasteiger partial charge is 0.325 e. The highest BCUT2D eigenvalue weighted by atomic mass is 32.2. The fourth-order valence-electron chi connectivity index (χ4n) is 3.72. The van der Waals surface area contributed by atoms with Gasteiger partial charge in [-0.25, -0.2) is 4.99 Å². The van der Waals surface area contributed by atoms with Crippen LogP contribution in [-0.4, -0.2) is 39.5 Å². The standard InChI is InChI=1S/C24H26N4O2S/c1-14(2)11-20-23(30)27-22-18-7-5-6-8-19(18)26-24(28(20)22)31-13-21(29)25-17-10-9-15(3)16(4)12-17/h5-10,12,14,20H,11,13H2,1-4H3,(H,25,29). The number of nitrogens with one attached hydrogen (secondary N) is 1. The van der Waals surface area contributed by atoms with Gasteiger partial charge in [-0.05, 0) is 61.6 Å². The van der Waals surface area contributed by atoms with Crippen molar-refractivity contribution < 1.29 is 9.59 Å². The number of rotatable bonds is 5. The number of amides is 2. The number of nitrogens with zero attached hydrogens (tertiary/aromatic N) is 3. The second kappa shape index (κ2) is 8.67. The topological polar surface area (TPSA) is 74.1 Å². The van der Waals surface area contributed by atoms with Gasteiger partial charge in [-0.3, -0.25) is 14.5 Å². The third-order valence-electron chi connectivity index (χ3n) is 5.43. The number of para-hydroxylation sites is 1. The molecule has 1 N–H and O–H groups in total. The summed E-state index contributed by atoms with van der Waals surface area (Å²) in [6.45, 7) is 8.24. The van der Waals surface area contributed by atoms with Crippen molar-refractivity contribution >= 4 is 46.0 Å². The number of aliphatic imine (C=N–C) groups is 2. The first kappa shape index (κ1) is 21.3. The maximum absolute atomic E-state index is 12.7. The van der Waals surface area contributed by atoms with Gasteiger partial charge in [-0.15, -0.1) is 0 Å². The first-order valence-electron chi connectivity index (χ1n) is 10.4. The first-order valence-corrected chi connectivity index (χ1v) is 11.4. The number of hydrogen-bond donors (Lipinski definition) is 1. The number of thioether (sulfide) groups is 1. The van der Waals surface area contributed by atoms with Crippen molar-refractivity contribution in [3.63, 3.8) is 0 Å². The van der Waals surface area contributed by atoms with Crippen molar-refractivity contribution in [2.45, 2.75) is 40.2 Å². The van der Waals surface area contributed by atoms with E-state index in [4.69, 9.17) is 4.99 Å². The van der Waals surface area contributed by atoms with E-state index in [9.17, 15) is 9.59 Å². The quantitative estimate of drug-likeness (QED) is 0.741. The van der Waals surface area contributed by atoms with Crippen LogP contribution in [0.1, 0.15) is 37.0 Å². The lowest BCUT2D eigenvalue weighted by atomic mass is 10.0. The fourth-order valence-corrected chi connectivity index (χ4v) is 4.57. The van der Waals surface area contributed by atoms with E-state index < -0.39 is 0 Å². The van der Waals surface area contributed by atoms with Crippen LogP contribution in [0.3, 0.4) is 0 Å². The van der Waals surface area contributed by atoms with Crippen LogP contribution in [-0.2, 0) is 9.59 Å². The molecule has 0 fully saturated rings. The molecule has 0 bridgehead atoms. The Hall–Kier alpha value is -2.93. The van der Waals surface area contributed by atoms with Crippen LogP contribution < -0.4 is 5.32 Å². The zero-order valence-corrected chi connectivity index (χ0v) is 19.0. The van der Waals surface area contributed by atoms with E-state index in [-0.39, 0.29) is 23.6 Å². The van der Waals surface area contributed by atoms with Crippen LogP contribution in [0.5, 0.6) is 0 Å². The molecular formula is C24H26N4O2S. The minimum Gasteiger partial charge on any atom is -0.325 e. The zero-order chi connectivity index (χ0) is 22.1. The number of carbonyl (C=O) groups excluding carboxylic acids is 2. The first-order chi connectivity index (χ1) is 14.8. The lowest BCUT2D eigenvalue weighted by molar-refractivity contribution is -0.120. The maximum atomic E-state index is 12.7. The Bertz CT molecular complexity index is 1110. The highest BCUT2D eigenvalue weighted by Gasteiger charge is 2.41. The van der Waals surface area contributed by atoms with Gasteiger partial charge >= 0.3 is 0 Å². The molecule has 160 valence electrons. The van der Waals surface area contributed by atoms with Crippen molar-refractivity contribution in [3.05, 3.63) is 59.2 Å². The van der Waals surface area contributed by atoms with Crippen molar-refractivity contribution in [1.29, 1.82) is 0 Å². The van der Waals surface area contributed by atoms with Gasteiger partial charge in [0, 0.05) is 11.3 Å². The van der Waals surface area contributed by atoms with Gasteiger partial charge in [-0.1, -0.05) is 43.8 Å². The van der Waals surface area contributed by atoms with E-state index in [0.717, 1.165) is 22.5 Å². The summed E-state index contributed by atoms with van der Waals surface area (Å²) in [4.78, 5) is 36.4. The van der Waals surface area contributed by atoms with E-state index in [1.54, 1.807) is 0 Å². The summed E-state index contributed by atoms with van der Waals surface area (Å²) in [5.74, 6) is 0.908. The molecule has 0 spiro atoms. The molecule has 2 aromatic rings. The van der Waals surface area contributed by atoms with Crippen molar-refractivity contribution in [1.82, 2.24) is 4.90 Å². The molecule has 0 saturated carbocycles. The van der Waals surface area contributed by atoms with Gasteiger partial charge in [-0.2, -0.15) is 4.99 Å². The molecule has 1 atom stereocenters. The van der Waals surface area contributed by atoms with Crippen molar-refractivity contribution in [3.8, 4) is 0 Å². The normalized spacial score (nSPS) is 17.3. The summed E-state index contributed by atoms with van der Waals surface area (Å²) in [7, 11) is 0. The van der Waals surface area contributed by atoms with Gasteiger partial charge in [0.2, 0.25) is 5.91 Å². The predicted octanol–water partition coefficient (Wildman–Crippen LogP) is 4.68. The molecule has 7 heteroatoms. The minimum absolute atomic E-state index is 0.112. The van der Waals surface area contributed by atoms with E-state index in [2.05, 4.69) is 24.2 Å². The van der Waals surface area contributed by atoms with Gasteiger partial charge in [0.15, 0.2) is 5.17 Å². The van der Waals surface area contributed by atoms with Crippen molar-refractivity contribution in [2.75, 3.05) is 11.1 Å². The highest BCUT2D eigenvalue weighted by Crippen LogP contribution is 2.35. The third-order valence-corrected chi connectivity index (χ3v) is 6.38. The summed E-state index contributed by atoms with van der Waals surface area (Å²) < 4.78 is 0. The number of hydrogen-bond acceptors (Lipinski definition) is 5. The highest BCUT2D eigenvalue weighted by molar-refractivity contribution is 8.14. The van der Waals surface area contributed by atoms with E-state index in [0.29, 0.717) is 23.3 Å². The molecule has 2 aliphatic rings. The Morgan fingerprint density at radius 1 is 1.13 bits per heavy atom. The summed E-state index contributed by atoms with van der Waals surface area (Å²) in [5.41, 5.74) is 4.72. The monoisotopic (exact) mass is 434 g/mol. The SMILES string of the molecule is Cc1ccc(NC(=O)CSC2=Nc3ccccc3C3=NC(=O)C(CC(C)C)N23)cc1C. The Morgan fingerprint density at radius 2 is 1.90 bits per heavy atom. The van der Waals surface area contributed by atoms with E-state index in [1.807, 2.05) is 61.2 Å². The van der Waals surface area contributed by atoms with Crippen molar-refractivity contribution in [2.24, 2.45) is 15.9 Å². The fraction of sp³-hybridized carbons (Fsp3) is 0.333. The molecule has 1 unspecified atom stereocenters. The van der Waals surface area contributed by atoms with E-state index >= 15 is 0 Å². The van der Waals surface area contributed by atoms with Crippen LogP contribution in [0, 0.1) is 19.8 Å². The van der Waals surface area contributed by atoms with Crippen LogP contribution in [0.4, 0.5) is 11.4 Å². The molecule has 2 amide bonds. The lowest BCUT2D eigenvalue weighted by Crippen LogP contribution is -2.44. The zero-order valence-electron chi connectivity index (χ0n) is 18.2. The Balaban J connectivity index is 1.55. The minimum atomic E-state index is -0.377. The summed E-state index contributed by atoms with van der Waals surface area (Å²) in [5, 5.41) is 3.59. The van der Waals surface area contributed by atoms with Gasteiger partial charge in [0.1, 0.15) is 11.9 Å². The lowest BCUT2D eigenvalue weighted by Gasteiger charge is -2.31. The molecule has 2 heterocycles. The maximum Gasteiger partial charge on any atom is 0.270 e. The predicted molar refractivity (Wildman–Crippen MR) is 127 cm³/mol. The third kappa shape index (κ3) is 4.42. The van der Waals surface area contributed by atoms with Gasteiger partial charge < -0.3 is 5.32 Å². The Kier molecular flexibility index (Phi) is 5.96. The van der Waals surface area contributed by atoms with Crippen LogP contribution >= 0.6 is 11.8 Å². The Labute approximate surface area is 186 Å². The smallest absolute Gasteiger partial charge is 0.270 e. The molecule has 31 heavy (non-hydrogen) atoms. The van der Waals surface area contributed by atoms with Crippen LogP contribution in [0.2, 0.25) is 0 Å². The average molecular weight is 435 g/mol. The van der Waals surface area contributed by atoms with Crippen LogP contribution in [0.15, 0.2) is 52.4 Å². The molecule has 6 nitrogen and oxygen atoms in total. The number of benzene rings is 2. The van der Waals surface area contributed by atoms with E-state index in [1.165, 1.54) is 17.3 Å². The number of aryl methyl sites for hydroxylation is 2. The van der Waals surface area contributed by atoms with Gasteiger partial charge in [0.25, 0.3) is 5.91 Å². The number of anilines is 1. The van der Waals surface area contributed by atoms with Gasteiger partial charge in [0.05, 0.1) is 11.4 Å². The van der Waals surface area contributed by atoms with Crippen LogP contribution in [0.25, 0.3) is 0 Å². The Morgan fingerprint density at radius 3 is 2.65 bits per heavy atom. The molecule has 0 saturated heterocycles. The molecule has 2 aliphatic heterocycles. The number of carbonyl (C=O) groups is 2. The summed E-state index contributed by atoms with van der Waals surface area (Å²) in [6.07, 6.45) is 0.683. The number of amidine groups is 2. The summed E-state index contributed by atoms with van der Waals surface area (Å²) >= 11 is 1.34.